The van der Waals surface area contributed by atoms with Crippen molar-refractivity contribution in [3.63, 3.8) is 0 Å². The second-order valence-electron chi connectivity index (χ2n) is 3.79. The predicted molar refractivity (Wildman–Crippen MR) is 60.2 cm³/mol. The number of aromatic nitrogens is 5. The Balaban J connectivity index is 1.98. The van der Waals surface area contributed by atoms with E-state index in [0.717, 1.165) is 24.4 Å². The van der Waals surface area contributed by atoms with Crippen molar-refractivity contribution in [1.82, 2.24) is 30.5 Å². The van der Waals surface area contributed by atoms with Crippen LogP contribution in [0.25, 0.3) is 0 Å². The third kappa shape index (κ3) is 3.10. The normalized spacial score (nSPS) is 10.9. The summed E-state index contributed by atoms with van der Waals surface area (Å²) in [5.41, 5.74) is 0.890. The number of hydrogen-bond acceptors (Lipinski definition) is 6. The van der Waals surface area contributed by atoms with E-state index in [1.165, 1.54) is 0 Å². The van der Waals surface area contributed by atoms with E-state index in [1.807, 2.05) is 13.2 Å². The molecule has 0 aliphatic rings. The van der Waals surface area contributed by atoms with Gasteiger partial charge in [-0.1, -0.05) is 17.3 Å². The zero-order valence-electron chi connectivity index (χ0n) is 10.1. The van der Waals surface area contributed by atoms with Crippen LogP contribution < -0.4 is 5.32 Å². The van der Waals surface area contributed by atoms with E-state index < -0.39 is 0 Å². The Kier molecular flexibility index (Phi) is 3.81. The molecule has 0 saturated heterocycles. The van der Waals surface area contributed by atoms with Gasteiger partial charge in [-0.05, 0) is 13.5 Å². The zero-order valence-corrected chi connectivity index (χ0v) is 10.1. The molecule has 2 aromatic heterocycles. The van der Waals surface area contributed by atoms with Crippen molar-refractivity contribution in [3.05, 3.63) is 23.6 Å². The van der Waals surface area contributed by atoms with E-state index in [0.29, 0.717) is 19.0 Å². The van der Waals surface area contributed by atoms with Gasteiger partial charge in [0.1, 0.15) is 6.54 Å². The fraction of sp³-hybridized carbons (Fsp3) is 0.600. The van der Waals surface area contributed by atoms with Gasteiger partial charge in [0.15, 0.2) is 5.82 Å². The highest BCUT2D eigenvalue weighted by Crippen LogP contribution is 2.02. The number of nitrogens with one attached hydrogen (secondary N) is 1. The lowest BCUT2D eigenvalue weighted by Crippen LogP contribution is -2.05. The first-order valence-electron chi connectivity index (χ1n) is 5.67. The first kappa shape index (κ1) is 11.7. The minimum Gasteiger partial charge on any atom is -0.337 e. The van der Waals surface area contributed by atoms with Crippen LogP contribution in [-0.4, -0.2) is 32.2 Å². The van der Waals surface area contributed by atoms with E-state index >= 15 is 0 Å². The van der Waals surface area contributed by atoms with Gasteiger partial charge in [0.05, 0.1) is 11.9 Å². The molecule has 0 unspecified atom stereocenters. The van der Waals surface area contributed by atoms with Crippen molar-refractivity contribution in [2.45, 2.75) is 32.9 Å². The third-order valence-corrected chi connectivity index (χ3v) is 2.23. The van der Waals surface area contributed by atoms with Crippen LogP contribution >= 0.6 is 0 Å². The summed E-state index contributed by atoms with van der Waals surface area (Å²) in [6.45, 7) is 3.25. The van der Waals surface area contributed by atoms with E-state index in [1.54, 1.807) is 4.68 Å². The second kappa shape index (κ2) is 5.53. The molecule has 0 aromatic carbocycles. The Bertz CT molecular complexity index is 421. The Morgan fingerprint density at radius 3 is 3.12 bits per heavy atom. The average molecular weight is 236 g/mol. The summed E-state index contributed by atoms with van der Waals surface area (Å²) in [5, 5.41) is 14.9. The Labute approximate surface area is 99.2 Å². The Morgan fingerprint density at radius 2 is 2.35 bits per heavy atom. The summed E-state index contributed by atoms with van der Waals surface area (Å²) < 4.78 is 6.82. The Morgan fingerprint density at radius 1 is 1.47 bits per heavy atom. The van der Waals surface area contributed by atoms with Crippen molar-refractivity contribution >= 4 is 0 Å². The van der Waals surface area contributed by atoms with Gasteiger partial charge in [-0.2, -0.15) is 4.98 Å². The summed E-state index contributed by atoms with van der Waals surface area (Å²) >= 11 is 0. The van der Waals surface area contributed by atoms with Crippen LogP contribution in [0.5, 0.6) is 0 Å². The highest BCUT2D eigenvalue weighted by atomic mass is 16.5. The molecule has 7 nitrogen and oxygen atoms in total. The molecule has 0 bridgehead atoms. The summed E-state index contributed by atoms with van der Waals surface area (Å²) in [5.74, 6) is 1.31. The highest BCUT2D eigenvalue weighted by Gasteiger charge is 2.07. The maximum atomic E-state index is 5.13. The van der Waals surface area contributed by atoms with Gasteiger partial charge in [0, 0.05) is 13.0 Å². The van der Waals surface area contributed by atoms with Crippen molar-refractivity contribution in [2.75, 3.05) is 7.05 Å². The molecule has 0 saturated carbocycles. The van der Waals surface area contributed by atoms with Crippen molar-refractivity contribution in [2.24, 2.45) is 0 Å². The molecule has 0 fully saturated rings. The molecule has 92 valence electrons. The zero-order chi connectivity index (χ0) is 12.1. The van der Waals surface area contributed by atoms with E-state index in [2.05, 4.69) is 32.7 Å². The summed E-state index contributed by atoms with van der Waals surface area (Å²) in [4.78, 5) is 4.27. The van der Waals surface area contributed by atoms with Gasteiger partial charge in [-0.25, -0.2) is 4.68 Å². The van der Waals surface area contributed by atoms with Gasteiger partial charge in [-0.15, -0.1) is 5.10 Å². The average Bonchev–Trinajstić information content (AvgIpc) is 2.91. The summed E-state index contributed by atoms with van der Waals surface area (Å²) in [6.07, 6.45) is 3.71. The summed E-state index contributed by atoms with van der Waals surface area (Å²) in [6, 6.07) is 0. The SMILES string of the molecule is CCCc1noc(Cn2cc(CNC)nn2)n1. The topological polar surface area (TPSA) is 81.7 Å². The van der Waals surface area contributed by atoms with E-state index in [9.17, 15) is 0 Å². The molecule has 0 amide bonds. The van der Waals surface area contributed by atoms with Gasteiger partial charge in [-0.3, -0.25) is 0 Å². The lowest BCUT2D eigenvalue weighted by Gasteiger charge is -1.92. The predicted octanol–water partition coefficient (Wildman–Crippen LogP) is 0.381. The van der Waals surface area contributed by atoms with Crippen LogP contribution in [-0.2, 0) is 19.5 Å². The molecule has 2 rings (SSSR count). The molecule has 0 atom stereocenters. The van der Waals surface area contributed by atoms with Crippen LogP contribution in [0.1, 0.15) is 30.8 Å². The second-order valence-corrected chi connectivity index (χ2v) is 3.79. The fourth-order valence-corrected chi connectivity index (χ4v) is 1.50. The molecule has 2 aromatic rings. The largest absolute Gasteiger partial charge is 0.337 e. The number of hydrogen-bond donors (Lipinski definition) is 1. The quantitative estimate of drug-likeness (QED) is 0.781. The molecule has 0 aliphatic carbocycles. The Hall–Kier alpha value is -1.76. The van der Waals surface area contributed by atoms with Crippen molar-refractivity contribution < 1.29 is 4.52 Å². The minimum atomic E-state index is 0.466. The van der Waals surface area contributed by atoms with Crippen LogP contribution in [0.3, 0.4) is 0 Å². The maximum absolute atomic E-state index is 5.13. The lowest BCUT2D eigenvalue weighted by atomic mass is 10.3. The van der Waals surface area contributed by atoms with E-state index in [4.69, 9.17) is 4.52 Å². The van der Waals surface area contributed by atoms with Crippen LogP contribution in [0.2, 0.25) is 0 Å². The van der Waals surface area contributed by atoms with Crippen molar-refractivity contribution in [3.8, 4) is 0 Å². The maximum Gasteiger partial charge on any atom is 0.248 e. The van der Waals surface area contributed by atoms with Crippen molar-refractivity contribution in [1.29, 1.82) is 0 Å². The van der Waals surface area contributed by atoms with Gasteiger partial charge < -0.3 is 9.84 Å². The molecule has 17 heavy (non-hydrogen) atoms. The standard InChI is InChI=1S/C10H16N6O/c1-3-4-9-12-10(17-14-9)7-16-6-8(5-11-2)13-15-16/h6,11H,3-5,7H2,1-2H3. The molecule has 0 aliphatic heterocycles. The monoisotopic (exact) mass is 236 g/mol. The van der Waals surface area contributed by atoms with Crippen LogP contribution in [0.15, 0.2) is 10.7 Å². The van der Waals surface area contributed by atoms with Gasteiger partial charge >= 0.3 is 0 Å². The van der Waals surface area contributed by atoms with Gasteiger partial charge in [0.2, 0.25) is 5.89 Å². The van der Waals surface area contributed by atoms with E-state index in [-0.39, 0.29) is 0 Å². The van der Waals surface area contributed by atoms with Gasteiger partial charge in [0.25, 0.3) is 0 Å². The number of rotatable bonds is 6. The third-order valence-electron chi connectivity index (χ3n) is 2.23. The molecule has 0 radical (unpaired) electrons. The molecule has 0 spiro atoms. The lowest BCUT2D eigenvalue weighted by molar-refractivity contribution is 0.359. The highest BCUT2D eigenvalue weighted by molar-refractivity contribution is 4.93. The first-order chi connectivity index (χ1) is 8.31. The first-order valence-corrected chi connectivity index (χ1v) is 5.67. The molecule has 1 N–H and O–H groups in total. The molecule has 2 heterocycles. The number of aryl methyl sites for hydroxylation is 1. The minimum absolute atomic E-state index is 0.466. The smallest absolute Gasteiger partial charge is 0.248 e. The fourth-order valence-electron chi connectivity index (χ4n) is 1.50. The van der Waals surface area contributed by atoms with Crippen LogP contribution in [0, 0.1) is 0 Å². The van der Waals surface area contributed by atoms with Crippen LogP contribution in [0.4, 0.5) is 0 Å². The summed E-state index contributed by atoms with van der Waals surface area (Å²) in [7, 11) is 1.87. The molecular formula is C10H16N6O. The molecule has 7 heteroatoms. The number of nitrogens with zero attached hydrogens (tertiary/aromatic N) is 5. The molecular weight excluding hydrogens is 220 g/mol.